The zero-order chi connectivity index (χ0) is 14.4. The Morgan fingerprint density at radius 1 is 1.10 bits per heavy atom. The molecule has 0 spiro atoms. The predicted octanol–water partition coefficient (Wildman–Crippen LogP) is 3.68. The molecule has 1 N–H and O–H groups in total. The average molecular weight is 272 g/mol. The van der Waals surface area contributed by atoms with Gasteiger partial charge in [0, 0.05) is 25.3 Å². The Labute approximate surface area is 120 Å². The molecule has 0 aliphatic rings. The van der Waals surface area contributed by atoms with Crippen molar-refractivity contribution in [2.24, 2.45) is 0 Å². The third-order valence-electron chi connectivity index (χ3n) is 3.18. The van der Waals surface area contributed by atoms with Crippen molar-refractivity contribution in [1.82, 2.24) is 4.90 Å². The highest BCUT2D eigenvalue weighted by molar-refractivity contribution is 5.42. The molecule has 0 atom stereocenters. The molecule has 0 radical (unpaired) electrons. The van der Waals surface area contributed by atoms with Crippen LogP contribution >= 0.6 is 0 Å². The topological polar surface area (TPSA) is 15.3 Å². The number of anilines is 1. The summed E-state index contributed by atoms with van der Waals surface area (Å²) in [5.74, 6) is -0.205. The molecule has 0 saturated heterocycles. The number of halogens is 1. The van der Waals surface area contributed by atoms with Gasteiger partial charge in [-0.2, -0.15) is 0 Å². The average Bonchev–Trinajstić information content (AvgIpc) is 2.38. The van der Waals surface area contributed by atoms with Gasteiger partial charge in [-0.3, -0.25) is 0 Å². The molecule has 0 unspecified atom stereocenters. The fraction of sp³-hybridized carbons (Fsp3) is 0.294. The lowest BCUT2D eigenvalue weighted by Gasteiger charge is -2.17. The molecule has 0 amide bonds. The van der Waals surface area contributed by atoms with Crippen LogP contribution in [-0.2, 0) is 6.54 Å². The van der Waals surface area contributed by atoms with Crippen molar-refractivity contribution in [3.05, 3.63) is 65.5 Å². The Bertz CT molecular complexity index is 554. The Balaban J connectivity index is 1.76. The molecule has 3 heteroatoms. The normalized spacial score (nSPS) is 10.8. The molecule has 0 aliphatic carbocycles. The van der Waals surface area contributed by atoms with Crippen molar-refractivity contribution >= 4 is 5.69 Å². The number of aryl methyl sites for hydroxylation is 1. The van der Waals surface area contributed by atoms with E-state index < -0.39 is 0 Å². The molecule has 106 valence electrons. The van der Waals surface area contributed by atoms with Crippen molar-refractivity contribution in [1.29, 1.82) is 0 Å². The molecule has 2 rings (SSSR count). The first kappa shape index (κ1) is 14.5. The molecule has 0 aliphatic heterocycles. The van der Waals surface area contributed by atoms with Gasteiger partial charge in [0.05, 0.1) is 0 Å². The highest BCUT2D eigenvalue weighted by Gasteiger charge is 2.01. The molecule has 0 heterocycles. The zero-order valence-corrected chi connectivity index (χ0v) is 12.1. The summed E-state index contributed by atoms with van der Waals surface area (Å²) in [7, 11) is 2.09. The summed E-state index contributed by atoms with van der Waals surface area (Å²) in [6.07, 6.45) is 0. The molecule has 2 aromatic carbocycles. The number of benzene rings is 2. The fourth-order valence-corrected chi connectivity index (χ4v) is 2.19. The van der Waals surface area contributed by atoms with Crippen molar-refractivity contribution in [3.63, 3.8) is 0 Å². The van der Waals surface area contributed by atoms with Crippen molar-refractivity contribution in [2.45, 2.75) is 13.5 Å². The van der Waals surface area contributed by atoms with Gasteiger partial charge in [0.15, 0.2) is 0 Å². The van der Waals surface area contributed by atoms with Crippen molar-refractivity contribution in [2.75, 3.05) is 25.5 Å². The monoisotopic (exact) mass is 272 g/mol. The smallest absolute Gasteiger partial charge is 0.125 e. The van der Waals surface area contributed by atoms with Gasteiger partial charge < -0.3 is 10.2 Å². The lowest BCUT2D eigenvalue weighted by atomic mass is 10.1. The first-order valence-electron chi connectivity index (χ1n) is 6.87. The summed E-state index contributed by atoms with van der Waals surface area (Å²) in [6, 6.07) is 15.1. The molecule has 2 aromatic rings. The predicted molar refractivity (Wildman–Crippen MR) is 82.4 cm³/mol. The van der Waals surface area contributed by atoms with Gasteiger partial charge >= 0.3 is 0 Å². The van der Waals surface area contributed by atoms with Crippen LogP contribution in [0.3, 0.4) is 0 Å². The quantitative estimate of drug-likeness (QED) is 0.863. The lowest BCUT2D eigenvalue weighted by Crippen LogP contribution is -2.24. The number of hydrogen-bond donors (Lipinski definition) is 1. The second-order valence-corrected chi connectivity index (χ2v) is 5.16. The summed E-state index contributed by atoms with van der Waals surface area (Å²) >= 11 is 0. The minimum atomic E-state index is -0.205. The zero-order valence-electron chi connectivity index (χ0n) is 12.1. The van der Waals surface area contributed by atoms with Crippen LogP contribution in [0.25, 0.3) is 0 Å². The van der Waals surface area contributed by atoms with Crippen LogP contribution in [0.15, 0.2) is 48.5 Å². The summed E-state index contributed by atoms with van der Waals surface area (Å²) in [4.78, 5) is 2.25. The van der Waals surface area contributed by atoms with E-state index in [4.69, 9.17) is 0 Å². The van der Waals surface area contributed by atoms with E-state index in [0.717, 1.165) is 25.3 Å². The summed E-state index contributed by atoms with van der Waals surface area (Å²) < 4.78 is 13.0. The lowest BCUT2D eigenvalue weighted by molar-refractivity contribution is 0.340. The fourth-order valence-electron chi connectivity index (χ4n) is 2.19. The maximum absolute atomic E-state index is 13.0. The highest BCUT2D eigenvalue weighted by Crippen LogP contribution is 2.09. The SMILES string of the molecule is Cc1cccc(CN(C)CCNc2cccc(F)c2)c1. The van der Waals surface area contributed by atoms with Crippen LogP contribution in [0.4, 0.5) is 10.1 Å². The van der Waals surface area contributed by atoms with E-state index in [9.17, 15) is 4.39 Å². The second kappa shape index (κ2) is 7.06. The van der Waals surface area contributed by atoms with Crippen LogP contribution in [0.2, 0.25) is 0 Å². The van der Waals surface area contributed by atoms with E-state index in [2.05, 4.69) is 48.5 Å². The minimum Gasteiger partial charge on any atom is -0.384 e. The van der Waals surface area contributed by atoms with Gasteiger partial charge in [-0.1, -0.05) is 35.9 Å². The first-order valence-corrected chi connectivity index (χ1v) is 6.87. The van der Waals surface area contributed by atoms with Crippen LogP contribution in [0.5, 0.6) is 0 Å². The summed E-state index contributed by atoms with van der Waals surface area (Å²) in [5, 5.41) is 3.23. The molecule has 0 bridgehead atoms. The third-order valence-corrected chi connectivity index (χ3v) is 3.18. The molecule has 0 fully saturated rings. The number of likely N-dealkylation sites (N-methyl/N-ethyl adjacent to an activating group) is 1. The van der Waals surface area contributed by atoms with Gasteiger partial charge in [-0.05, 0) is 37.7 Å². The van der Waals surface area contributed by atoms with Crippen LogP contribution in [0, 0.1) is 12.7 Å². The summed E-state index contributed by atoms with van der Waals surface area (Å²) in [6.45, 7) is 4.73. The molecule has 2 nitrogen and oxygen atoms in total. The Morgan fingerprint density at radius 3 is 2.65 bits per heavy atom. The molecular formula is C17H21FN2. The molecule has 0 aromatic heterocycles. The maximum atomic E-state index is 13.0. The number of rotatable bonds is 6. The third kappa shape index (κ3) is 4.67. The number of nitrogens with one attached hydrogen (secondary N) is 1. The van der Waals surface area contributed by atoms with Crippen LogP contribution in [-0.4, -0.2) is 25.0 Å². The van der Waals surface area contributed by atoms with E-state index in [0.29, 0.717) is 0 Å². The summed E-state index contributed by atoms with van der Waals surface area (Å²) in [5.41, 5.74) is 3.43. The van der Waals surface area contributed by atoms with E-state index in [1.54, 1.807) is 6.07 Å². The number of nitrogens with zero attached hydrogens (tertiary/aromatic N) is 1. The molecule has 20 heavy (non-hydrogen) atoms. The largest absolute Gasteiger partial charge is 0.384 e. The van der Waals surface area contributed by atoms with Crippen molar-refractivity contribution in [3.8, 4) is 0 Å². The van der Waals surface area contributed by atoms with E-state index in [-0.39, 0.29) is 5.82 Å². The van der Waals surface area contributed by atoms with E-state index in [1.165, 1.54) is 23.3 Å². The van der Waals surface area contributed by atoms with Gasteiger partial charge in [-0.15, -0.1) is 0 Å². The molecule has 0 saturated carbocycles. The van der Waals surface area contributed by atoms with Crippen LogP contribution < -0.4 is 5.32 Å². The molecular weight excluding hydrogens is 251 g/mol. The van der Waals surface area contributed by atoms with Crippen molar-refractivity contribution < 1.29 is 4.39 Å². The maximum Gasteiger partial charge on any atom is 0.125 e. The van der Waals surface area contributed by atoms with Gasteiger partial charge in [0.25, 0.3) is 0 Å². The Kier molecular flexibility index (Phi) is 5.13. The highest BCUT2D eigenvalue weighted by atomic mass is 19.1. The Hall–Kier alpha value is -1.87. The standard InChI is InChI=1S/C17H21FN2/c1-14-5-3-6-15(11-14)13-20(2)10-9-19-17-8-4-7-16(18)12-17/h3-8,11-12,19H,9-10,13H2,1-2H3. The number of hydrogen-bond acceptors (Lipinski definition) is 2. The Morgan fingerprint density at radius 2 is 1.90 bits per heavy atom. The van der Waals surface area contributed by atoms with E-state index in [1.807, 2.05) is 6.07 Å². The van der Waals surface area contributed by atoms with E-state index >= 15 is 0 Å². The second-order valence-electron chi connectivity index (χ2n) is 5.16. The van der Waals surface area contributed by atoms with Gasteiger partial charge in [0.1, 0.15) is 5.82 Å². The van der Waals surface area contributed by atoms with Gasteiger partial charge in [-0.25, -0.2) is 4.39 Å². The van der Waals surface area contributed by atoms with Gasteiger partial charge in [0.2, 0.25) is 0 Å². The van der Waals surface area contributed by atoms with Crippen LogP contribution in [0.1, 0.15) is 11.1 Å². The first-order chi connectivity index (χ1) is 9.63. The minimum absolute atomic E-state index is 0.205.